The third kappa shape index (κ3) is 5.75. The lowest BCUT2D eigenvalue weighted by atomic mass is 10.0. The Labute approximate surface area is 154 Å². The molecule has 0 saturated carbocycles. The summed E-state index contributed by atoms with van der Waals surface area (Å²) in [7, 11) is 0. The van der Waals surface area contributed by atoms with E-state index in [0.29, 0.717) is 6.54 Å². The van der Waals surface area contributed by atoms with Crippen molar-refractivity contribution in [1.29, 1.82) is 0 Å². The van der Waals surface area contributed by atoms with Gasteiger partial charge in [0.2, 0.25) is 5.91 Å². The normalized spacial score (nSPS) is 11.8. The van der Waals surface area contributed by atoms with Crippen molar-refractivity contribution in [1.82, 2.24) is 5.32 Å². The lowest BCUT2D eigenvalue weighted by Crippen LogP contribution is -2.22. The second kappa shape index (κ2) is 8.86. The van der Waals surface area contributed by atoms with Gasteiger partial charge in [0.1, 0.15) is 0 Å². The lowest BCUT2D eigenvalue weighted by Gasteiger charge is -2.12. The summed E-state index contributed by atoms with van der Waals surface area (Å²) in [6, 6.07) is 14.0. The molecule has 0 aliphatic carbocycles. The van der Waals surface area contributed by atoms with Crippen molar-refractivity contribution in [2.75, 3.05) is 6.54 Å². The minimum absolute atomic E-state index is 0.0241. The Bertz CT molecular complexity index is 753. The van der Waals surface area contributed by atoms with Gasteiger partial charge in [-0.3, -0.25) is 9.59 Å². The van der Waals surface area contributed by atoms with Crippen molar-refractivity contribution in [2.24, 2.45) is 0 Å². The maximum atomic E-state index is 12.6. The molecular weight excluding hydrogens is 330 g/mol. The first-order valence-electron chi connectivity index (χ1n) is 8.48. The molecule has 0 radical (unpaired) electrons. The summed E-state index contributed by atoms with van der Waals surface area (Å²) in [4.78, 5) is 24.6. The molecular formula is C21H25NO2S. The van der Waals surface area contributed by atoms with Gasteiger partial charge in [-0.25, -0.2) is 0 Å². The van der Waals surface area contributed by atoms with E-state index in [-0.39, 0.29) is 16.9 Å². The Hall–Kier alpha value is -2.07. The monoisotopic (exact) mass is 355 g/mol. The third-order valence-corrected chi connectivity index (χ3v) is 5.28. The summed E-state index contributed by atoms with van der Waals surface area (Å²) < 4.78 is 0. The Morgan fingerprint density at radius 2 is 1.72 bits per heavy atom. The maximum absolute atomic E-state index is 12.6. The zero-order valence-electron chi connectivity index (χ0n) is 15.3. The fraction of sp³-hybridized carbons (Fsp3) is 0.333. The zero-order chi connectivity index (χ0) is 18.4. The van der Waals surface area contributed by atoms with Crippen LogP contribution < -0.4 is 5.32 Å². The highest BCUT2D eigenvalue weighted by Gasteiger charge is 2.16. The SMILES string of the molecule is CC(=O)NCCc1ccc(C(=O)C(C)Sc2ccc(C)c(C)c2)cc1. The van der Waals surface area contributed by atoms with Crippen LogP contribution in [0.2, 0.25) is 0 Å². The highest BCUT2D eigenvalue weighted by atomic mass is 32.2. The van der Waals surface area contributed by atoms with Gasteiger partial charge in [0.25, 0.3) is 0 Å². The largest absolute Gasteiger partial charge is 0.356 e. The molecule has 4 heteroatoms. The average Bonchev–Trinajstić information content (AvgIpc) is 2.58. The number of hydrogen-bond donors (Lipinski definition) is 1. The first kappa shape index (κ1) is 19.3. The van der Waals surface area contributed by atoms with Crippen LogP contribution in [0.25, 0.3) is 0 Å². The number of benzene rings is 2. The van der Waals surface area contributed by atoms with Gasteiger partial charge in [-0.2, -0.15) is 0 Å². The van der Waals surface area contributed by atoms with Crippen LogP contribution in [0.5, 0.6) is 0 Å². The highest BCUT2D eigenvalue weighted by molar-refractivity contribution is 8.00. The Balaban J connectivity index is 1.96. The lowest BCUT2D eigenvalue weighted by molar-refractivity contribution is -0.118. The van der Waals surface area contributed by atoms with E-state index >= 15 is 0 Å². The summed E-state index contributed by atoms with van der Waals surface area (Å²) in [5, 5.41) is 2.64. The molecule has 2 aromatic rings. The van der Waals surface area contributed by atoms with Crippen LogP contribution in [0.1, 0.15) is 40.9 Å². The molecule has 0 aromatic heterocycles. The number of rotatable bonds is 7. The predicted octanol–water partition coefficient (Wildman–Crippen LogP) is 4.35. The van der Waals surface area contributed by atoms with Gasteiger partial charge in [-0.15, -0.1) is 11.8 Å². The van der Waals surface area contributed by atoms with Crippen LogP contribution in [0.15, 0.2) is 47.4 Å². The molecule has 2 rings (SSSR count). The van der Waals surface area contributed by atoms with Crippen LogP contribution in [0, 0.1) is 13.8 Å². The standard InChI is InChI=1S/C21H25NO2S/c1-14-5-10-20(13-15(14)2)25-16(3)21(24)19-8-6-18(7-9-19)11-12-22-17(4)23/h5-10,13,16H,11-12H2,1-4H3,(H,22,23). The number of amides is 1. The molecule has 0 aliphatic heterocycles. The molecule has 2 aromatic carbocycles. The smallest absolute Gasteiger partial charge is 0.216 e. The van der Waals surface area contributed by atoms with Crippen molar-refractivity contribution in [3.05, 3.63) is 64.7 Å². The fourth-order valence-electron chi connectivity index (χ4n) is 2.50. The van der Waals surface area contributed by atoms with E-state index < -0.39 is 0 Å². The topological polar surface area (TPSA) is 46.2 Å². The van der Waals surface area contributed by atoms with E-state index in [0.717, 1.165) is 22.4 Å². The molecule has 0 saturated heterocycles. The molecule has 1 atom stereocenters. The van der Waals surface area contributed by atoms with E-state index in [2.05, 4.69) is 37.4 Å². The molecule has 1 unspecified atom stereocenters. The van der Waals surface area contributed by atoms with Crippen molar-refractivity contribution >= 4 is 23.5 Å². The summed E-state index contributed by atoms with van der Waals surface area (Å²) >= 11 is 1.59. The second-order valence-corrected chi connectivity index (χ2v) is 7.71. The van der Waals surface area contributed by atoms with Crippen molar-refractivity contribution in [2.45, 2.75) is 44.3 Å². The summed E-state index contributed by atoms with van der Waals surface area (Å²) in [6.45, 7) is 8.25. The molecule has 0 spiro atoms. The van der Waals surface area contributed by atoms with Gasteiger partial charge in [0.05, 0.1) is 5.25 Å². The molecule has 0 aliphatic rings. The summed E-state index contributed by atoms with van der Waals surface area (Å²) in [6.07, 6.45) is 0.765. The summed E-state index contributed by atoms with van der Waals surface area (Å²) in [5.41, 5.74) is 4.35. The number of Topliss-reactive ketones (excluding diaryl/α,β-unsaturated/α-hetero) is 1. The third-order valence-electron chi connectivity index (χ3n) is 4.19. The molecule has 0 heterocycles. The van der Waals surface area contributed by atoms with Crippen LogP contribution in [-0.2, 0) is 11.2 Å². The van der Waals surface area contributed by atoms with Gasteiger partial charge in [-0.05, 0) is 56.0 Å². The molecule has 25 heavy (non-hydrogen) atoms. The van der Waals surface area contributed by atoms with Crippen LogP contribution in [0.3, 0.4) is 0 Å². The number of carbonyl (C=O) groups excluding carboxylic acids is 2. The van der Waals surface area contributed by atoms with Gasteiger partial charge in [-0.1, -0.05) is 30.3 Å². The zero-order valence-corrected chi connectivity index (χ0v) is 16.1. The Kier molecular flexibility index (Phi) is 6.82. The van der Waals surface area contributed by atoms with Gasteiger partial charge >= 0.3 is 0 Å². The predicted molar refractivity (Wildman–Crippen MR) is 104 cm³/mol. The maximum Gasteiger partial charge on any atom is 0.216 e. The quantitative estimate of drug-likeness (QED) is 0.593. The van der Waals surface area contributed by atoms with Crippen LogP contribution >= 0.6 is 11.8 Å². The average molecular weight is 356 g/mol. The molecule has 1 N–H and O–H groups in total. The van der Waals surface area contributed by atoms with Gasteiger partial charge in [0, 0.05) is 23.9 Å². The molecule has 132 valence electrons. The van der Waals surface area contributed by atoms with E-state index in [1.54, 1.807) is 11.8 Å². The Morgan fingerprint density at radius 3 is 2.32 bits per heavy atom. The van der Waals surface area contributed by atoms with Crippen molar-refractivity contribution < 1.29 is 9.59 Å². The fourth-order valence-corrected chi connectivity index (χ4v) is 3.54. The van der Waals surface area contributed by atoms with Crippen LogP contribution in [0.4, 0.5) is 0 Å². The molecule has 3 nitrogen and oxygen atoms in total. The minimum atomic E-state index is -0.132. The van der Waals surface area contributed by atoms with E-state index in [1.165, 1.54) is 18.1 Å². The van der Waals surface area contributed by atoms with Gasteiger partial charge < -0.3 is 5.32 Å². The summed E-state index contributed by atoms with van der Waals surface area (Å²) in [5.74, 6) is 0.112. The number of thioether (sulfide) groups is 1. The molecule has 1 amide bonds. The Morgan fingerprint density at radius 1 is 1.04 bits per heavy atom. The number of nitrogens with one attached hydrogen (secondary N) is 1. The number of carbonyl (C=O) groups is 2. The van der Waals surface area contributed by atoms with Crippen molar-refractivity contribution in [3.8, 4) is 0 Å². The molecule has 0 bridgehead atoms. The highest BCUT2D eigenvalue weighted by Crippen LogP contribution is 2.27. The number of hydrogen-bond acceptors (Lipinski definition) is 3. The minimum Gasteiger partial charge on any atom is -0.356 e. The van der Waals surface area contributed by atoms with Crippen LogP contribution in [-0.4, -0.2) is 23.5 Å². The second-order valence-electron chi connectivity index (χ2n) is 6.30. The van der Waals surface area contributed by atoms with E-state index in [9.17, 15) is 9.59 Å². The number of ketones is 1. The van der Waals surface area contributed by atoms with E-state index in [4.69, 9.17) is 0 Å². The van der Waals surface area contributed by atoms with E-state index in [1.807, 2.05) is 31.2 Å². The first-order valence-corrected chi connectivity index (χ1v) is 9.36. The first-order chi connectivity index (χ1) is 11.9. The van der Waals surface area contributed by atoms with Crippen molar-refractivity contribution in [3.63, 3.8) is 0 Å². The number of aryl methyl sites for hydroxylation is 2. The molecule has 0 fully saturated rings. The van der Waals surface area contributed by atoms with Gasteiger partial charge in [0.15, 0.2) is 5.78 Å².